The summed E-state index contributed by atoms with van der Waals surface area (Å²) < 4.78 is 0. The van der Waals surface area contributed by atoms with Gasteiger partial charge < -0.3 is 4.90 Å². The number of aryl methyl sites for hydroxylation is 1. The zero-order valence-corrected chi connectivity index (χ0v) is 21.9. The number of benzene rings is 1. The van der Waals surface area contributed by atoms with Crippen LogP contribution in [0.5, 0.6) is 0 Å². The third-order valence-electron chi connectivity index (χ3n) is 6.06. The molecule has 0 atom stereocenters. The summed E-state index contributed by atoms with van der Waals surface area (Å²) in [6, 6.07) is 14.4. The van der Waals surface area contributed by atoms with Gasteiger partial charge in [0.1, 0.15) is 0 Å². The molecule has 0 unspecified atom stereocenters. The summed E-state index contributed by atoms with van der Waals surface area (Å²) in [5.41, 5.74) is 3.44. The first-order chi connectivity index (χ1) is 15.1. The lowest BCUT2D eigenvalue weighted by Gasteiger charge is -2.37. The van der Waals surface area contributed by atoms with Gasteiger partial charge in [-0.3, -0.25) is 29.3 Å². The average molecular weight is 531 g/mol. The summed E-state index contributed by atoms with van der Waals surface area (Å²) in [5, 5.41) is 0. The highest BCUT2D eigenvalue weighted by molar-refractivity contribution is 5.99. The van der Waals surface area contributed by atoms with Crippen LogP contribution in [0.3, 0.4) is 0 Å². The van der Waals surface area contributed by atoms with E-state index < -0.39 is 0 Å². The first-order valence-electron chi connectivity index (χ1n) is 11.1. The van der Waals surface area contributed by atoms with Gasteiger partial charge in [-0.1, -0.05) is 23.8 Å². The monoisotopic (exact) mass is 529 g/mol. The van der Waals surface area contributed by atoms with E-state index >= 15 is 0 Å². The molecule has 2 fully saturated rings. The first kappa shape index (κ1) is 30.1. The van der Waals surface area contributed by atoms with Crippen LogP contribution in [-0.4, -0.2) is 83.9 Å². The second-order valence-corrected chi connectivity index (χ2v) is 8.42. The predicted octanol–water partition coefficient (Wildman–Crippen LogP) is 3.04. The maximum absolute atomic E-state index is 12.5. The Balaban J connectivity index is 0.00000193. The van der Waals surface area contributed by atoms with Crippen LogP contribution >= 0.6 is 37.2 Å². The molecule has 3 heterocycles. The van der Waals surface area contributed by atoms with Crippen molar-refractivity contribution in [2.75, 3.05) is 57.3 Å². The zero-order chi connectivity index (χ0) is 21.6. The molecule has 0 radical (unpaired) electrons. The van der Waals surface area contributed by atoms with Crippen molar-refractivity contribution in [3.05, 3.63) is 59.9 Å². The number of carbonyl (C=O) groups is 2. The van der Waals surface area contributed by atoms with E-state index in [0.717, 1.165) is 44.8 Å². The zero-order valence-electron chi connectivity index (χ0n) is 19.5. The molecule has 0 N–H and O–H groups in total. The largest absolute Gasteiger partial charge is 0.369 e. The number of aromatic nitrogens is 1. The van der Waals surface area contributed by atoms with Gasteiger partial charge in [-0.05, 0) is 44.2 Å². The maximum Gasteiger partial charge on any atom is 0.243 e. The van der Waals surface area contributed by atoms with E-state index in [-0.39, 0.29) is 62.1 Å². The molecule has 34 heavy (non-hydrogen) atoms. The number of nitrogens with zero attached hydrogens (tertiary/aromatic N) is 5. The molecule has 0 bridgehead atoms. The Labute approximate surface area is 220 Å². The van der Waals surface area contributed by atoms with Crippen molar-refractivity contribution in [2.24, 2.45) is 0 Å². The molecule has 2 aliphatic rings. The van der Waals surface area contributed by atoms with Crippen LogP contribution in [-0.2, 0) is 16.1 Å². The fraction of sp³-hybridized carbons (Fsp3) is 0.458. The first-order valence-corrected chi connectivity index (χ1v) is 11.1. The minimum absolute atomic E-state index is 0. The number of hydrogen-bond donors (Lipinski definition) is 0. The summed E-state index contributed by atoms with van der Waals surface area (Å²) in [4.78, 5) is 37.5. The Hall–Kier alpha value is -1.90. The van der Waals surface area contributed by atoms with E-state index in [2.05, 4.69) is 46.0 Å². The molecule has 1 aromatic heterocycles. The molecule has 0 saturated carbocycles. The van der Waals surface area contributed by atoms with Gasteiger partial charge in [0.15, 0.2) is 0 Å². The van der Waals surface area contributed by atoms with Crippen molar-refractivity contribution in [1.29, 1.82) is 0 Å². The molecule has 2 aliphatic heterocycles. The van der Waals surface area contributed by atoms with Gasteiger partial charge >= 0.3 is 0 Å². The molecule has 4 rings (SSSR count). The van der Waals surface area contributed by atoms with Gasteiger partial charge in [-0.15, -0.1) is 37.2 Å². The number of imide groups is 1. The Morgan fingerprint density at radius 3 is 2.03 bits per heavy atom. The lowest BCUT2D eigenvalue weighted by Crippen LogP contribution is -2.54. The van der Waals surface area contributed by atoms with E-state index in [9.17, 15) is 9.59 Å². The quantitative estimate of drug-likeness (QED) is 0.513. The smallest absolute Gasteiger partial charge is 0.243 e. The van der Waals surface area contributed by atoms with Gasteiger partial charge in [0.05, 0.1) is 18.8 Å². The van der Waals surface area contributed by atoms with Crippen LogP contribution in [0.2, 0.25) is 0 Å². The number of anilines is 1. The third-order valence-corrected chi connectivity index (χ3v) is 6.06. The van der Waals surface area contributed by atoms with E-state index in [1.54, 1.807) is 6.20 Å². The Kier molecular flexibility index (Phi) is 12.8. The molecule has 0 spiro atoms. The molecular weight excluding hydrogens is 497 g/mol. The van der Waals surface area contributed by atoms with Crippen molar-refractivity contribution in [3.8, 4) is 0 Å². The molecule has 2 saturated heterocycles. The van der Waals surface area contributed by atoms with Crippen molar-refractivity contribution >= 4 is 54.7 Å². The van der Waals surface area contributed by atoms with Crippen LogP contribution in [0, 0.1) is 6.92 Å². The molecular formula is C24H34Cl3N5O2. The number of rotatable bonds is 7. The predicted molar refractivity (Wildman–Crippen MR) is 142 cm³/mol. The summed E-state index contributed by atoms with van der Waals surface area (Å²) >= 11 is 0. The SMILES string of the molecule is Cc1ccc(N2CCN(CCCN3C(=O)CN(Cc4ccccn4)CC3=O)CC2)cc1.Cl.Cl.Cl. The van der Waals surface area contributed by atoms with E-state index in [1.807, 2.05) is 23.1 Å². The molecule has 188 valence electrons. The summed E-state index contributed by atoms with van der Waals surface area (Å²) in [7, 11) is 0. The molecule has 2 aromatic rings. The van der Waals surface area contributed by atoms with Crippen LogP contribution in [0.4, 0.5) is 5.69 Å². The molecule has 10 heteroatoms. The maximum atomic E-state index is 12.5. The number of hydrogen-bond acceptors (Lipinski definition) is 6. The minimum Gasteiger partial charge on any atom is -0.369 e. The highest BCUT2D eigenvalue weighted by Gasteiger charge is 2.30. The molecule has 1 aromatic carbocycles. The normalized spacial score (nSPS) is 17.0. The summed E-state index contributed by atoms with van der Waals surface area (Å²) in [6.07, 6.45) is 2.55. The Morgan fingerprint density at radius 2 is 1.44 bits per heavy atom. The van der Waals surface area contributed by atoms with Crippen molar-refractivity contribution in [1.82, 2.24) is 19.7 Å². The molecule has 0 aliphatic carbocycles. The van der Waals surface area contributed by atoms with Gasteiger partial charge in [0.2, 0.25) is 11.8 Å². The van der Waals surface area contributed by atoms with E-state index in [4.69, 9.17) is 0 Å². The lowest BCUT2D eigenvalue weighted by atomic mass is 10.2. The lowest BCUT2D eigenvalue weighted by molar-refractivity contribution is -0.151. The fourth-order valence-electron chi connectivity index (χ4n) is 4.27. The standard InChI is InChI=1S/C24H31N5O2.3ClH/c1-20-6-8-22(9-7-20)28-15-13-26(14-16-28)11-4-12-29-23(30)18-27(19-24(29)31)17-21-5-2-3-10-25-21;;;/h2-3,5-10H,4,11-19H2,1H3;3*1H. The topological polar surface area (TPSA) is 60.0 Å². The Bertz CT molecular complexity index is 875. The van der Waals surface area contributed by atoms with E-state index in [1.165, 1.54) is 16.2 Å². The fourth-order valence-corrected chi connectivity index (χ4v) is 4.27. The van der Waals surface area contributed by atoms with Crippen LogP contribution < -0.4 is 4.90 Å². The summed E-state index contributed by atoms with van der Waals surface area (Å²) in [6.45, 7) is 8.63. The highest BCUT2D eigenvalue weighted by Crippen LogP contribution is 2.17. The van der Waals surface area contributed by atoms with Gasteiger partial charge in [0.25, 0.3) is 0 Å². The second-order valence-electron chi connectivity index (χ2n) is 8.42. The number of piperazine rings is 2. The molecule has 2 amide bonds. The Morgan fingerprint density at radius 1 is 0.794 bits per heavy atom. The average Bonchev–Trinajstić information content (AvgIpc) is 2.77. The summed E-state index contributed by atoms with van der Waals surface area (Å²) in [5.74, 6) is -0.201. The third kappa shape index (κ3) is 8.10. The van der Waals surface area contributed by atoms with Crippen LogP contribution in [0.25, 0.3) is 0 Å². The highest BCUT2D eigenvalue weighted by atomic mass is 35.5. The second kappa shape index (κ2) is 14.5. The van der Waals surface area contributed by atoms with Crippen molar-refractivity contribution < 1.29 is 9.59 Å². The minimum atomic E-state index is -0.101. The van der Waals surface area contributed by atoms with Crippen molar-refractivity contribution in [3.63, 3.8) is 0 Å². The molecule has 7 nitrogen and oxygen atoms in total. The van der Waals surface area contributed by atoms with Gasteiger partial charge in [0, 0.05) is 51.2 Å². The number of halogens is 3. The van der Waals surface area contributed by atoms with Gasteiger partial charge in [-0.25, -0.2) is 0 Å². The van der Waals surface area contributed by atoms with Crippen LogP contribution in [0.15, 0.2) is 48.7 Å². The number of amides is 2. The van der Waals surface area contributed by atoms with Crippen molar-refractivity contribution in [2.45, 2.75) is 19.9 Å². The van der Waals surface area contributed by atoms with E-state index in [0.29, 0.717) is 13.1 Å². The number of pyridine rings is 1. The number of carbonyl (C=O) groups excluding carboxylic acids is 2. The van der Waals surface area contributed by atoms with Gasteiger partial charge in [-0.2, -0.15) is 0 Å². The van der Waals surface area contributed by atoms with Crippen LogP contribution in [0.1, 0.15) is 17.7 Å².